The Bertz CT molecular complexity index is 3720. The molecule has 3 fully saturated rings. The Morgan fingerprint density at radius 3 is 2.27 bits per heavy atom. The van der Waals surface area contributed by atoms with Crippen LogP contribution < -0.4 is 57.6 Å². The molecule has 7 amide bonds. The van der Waals surface area contributed by atoms with Gasteiger partial charge in [-0.05, 0) is 130 Å². The number of anilines is 5. The van der Waals surface area contributed by atoms with Crippen molar-refractivity contribution < 1.29 is 56.6 Å². The molecule has 24 nitrogen and oxygen atoms in total. The van der Waals surface area contributed by atoms with E-state index >= 15 is 4.39 Å². The van der Waals surface area contributed by atoms with E-state index < -0.39 is 99.1 Å². The Balaban J connectivity index is 0.731. The zero-order chi connectivity index (χ0) is 61.6. The lowest BCUT2D eigenvalue weighted by atomic mass is 9.82. The number of hydrogen-bond donors (Lipinski definition) is 11. The number of aromatic carboxylic acids is 1. The predicted octanol–water partition coefficient (Wildman–Crippen LogP) is 6.48. The van der Waals surface area contributed by atoms with E-state index in [1.54, 1.807) is 40.7 Å². The topological polar surface area (TPSA) is 331 Å². The highest BCUT2D eigenvalue weighted by molar-refractivity contribution is 7.92. The minimum atomic E-state index is -4.19. The second-order valence-corrected chi connectivity index (χ2v) is 24.0. The molecule has 3 heterocycles. The summed E-state index contributed by atoms with van der Waals surface area (Å²) in [7, 11) is -4.19. The van der Waals surface area contributed by atoms with Crippen LogP contribution in [-0.2, 0) is 29.2 Å². The quantitative estimate of drug-likeness (QED) is 0.0277. The maximum atomic E-state index is 16.0. The van der Waals surface area contributed by atoms with Crippen molar-refractivity contribution in [2.45, 2.75) is 93.9 Å². The highest BCUT2D eigenvalue weighted by Crippen LogP contribution is 2.45. The molecule has 4 aromatic carbocycles. The number of aliphatic carboxylic acids is 1. The largest absolute Gasteiger partial charge is 0.481 e. The number of aromatic nitrogens is 1. The van der Waals surface area contributed by atoms with Gasteiger partial charge in [0.1, 0.15) is 23.5 Å². The van der Waals surface area contributed by atoms with E-state index in [2.05, 4.69) is 47.3 Å². The standard InChI is InChI=1S/C58H64ClFN12O12S2/c1-3-21-61-56(81)65-36-10-6-12-39(24-36)86(83,84)69-37-11-4-8-32(23-37)45(26-48(74)75)68-57(82)64-34-15-17-35(18-16-34)66-58(85)63-31(2)54(78)71-22-7-14-46(71)53(77)62-27-47(73)67-44-13-5-9-33-28-70(29-41(33)44)51-43(60)25-40-50(49(51)59)72(38-19-20-38)30-42(52(40)76)55(79)80/h4-6,8,10-13,15-18,23-25,30-31,33,38,41,44-46,69H,3,7,9,14,19-22,26-29H2,1-2H3,(H,62,77)(H,67,73)(H,74,75)(H,79,80)(H2,61,65,81)(H2,63,66,85)(H2,64,68,82)/t31-,33?,41?,44?,45?,46-/m0/s1. The van der Waals surface area contributed by atoms with Crippen molar-refractivity contribution in [2.75, 3.05) is 58.3 Å². The molecule has 86 heavy (non-hydrogen) atoms. The van der Waals surface area contributed by atoms with Crippen LogP contribution in [0.5, 0.6) is 0 Å². The molecule has 11 N–H and O–H groups in total. The van der Waals surface area contributed by atoms with Crippen LogP contribution in [0.4, 0.5) is 42.4 Å². The zero-order valence-electron chi connectivity index (χ0n) is 46.7. The molecule has 2 saturated heterocycles. The Morgan fingerprint density at radius 2 is 1.56 bits per heavy atom. The number of carboxylic acid groups (broad SMARTS) is 2. The van der Waals surface area contributed by atoms with Crippen LogP contribution in [0, 0.1) is 17.7 Å². The Labute approximate surface area is 503 Å². The second-order valence-electron chi connectivity index (χ2n) is 21.5. The lowest BCUT2D eigenvalue weighted by Crippen LogP contribution is -2.54. The fraction of sp³-hybridized carbons (Fsp3) is 0.362. The minimum Gasteiger partial charge on any atom is -0.481 e. The molecule has 9 rings (SSSR count). The summed E-state index contributed by atoms with van der Waals surface area (Å²) in [4.78, 5) is 106. The minimum absolute atomic E-state index is 0.00366. The summed E-state index contributed by atoms with van der Waals surface area (Å²) in [6.45, 7) is 4.53. The van der Waals surface area contributed by atoms with Crippen LogP contribution in [0.15, 0.2) is 107 Å². The first-order valence-electron chi connectivity index (χ1n) is 27.9. The number of rotatable bonds is 21. The number of likely N-dealkylation sites (tertiary alicyclic amines) is 1. The molecule has 1 saturated carbocycles. The molecule has 5 aromatic rings. The SMILES string of the molecule is CCCNC(=O)Nc1cccc(S(=O)(=O)Nc2cccc(C(CC(=O)O)NC(=O)Nc3ccc(NC(=S)N[C@@H](C)C(=O)N4CCC[C@H]4C(=O)NCC(=O)NC4C=CCC5CN(c6c(F)cc7c(=O)c(C(=O)O)cn(C8CC8)c7c6Cl)CC54)cc3)c2)c1. The van der Waals surface area contributed by atoms with Crippen molar-refractivity contribution in [3.05, 3.63) is 129 Å². The smallest absolute Gasteiger partial charge is 0.341 e. The summed E-state index contributed by atoms with van der Waals surface area (Å²) < 4.78 is 46.9. The number of thiocarbonyl (C=S) groups is 1. The van der Waals surface area contributed by atoms with E-state index in [0.29, 0.717) is 56.7 Å². The van der Waals surface area contributed by atoms with Crippen LogP contribution in [0.1, 0.15) is 86.8 Å². The van der Waals surface area contributed by atoms with Crippen molar-refractivity contribution in [1.29, 1.82) is 0 Å². The molecule has 0 radical (unpaired) electrons. The zero-order valence-corrected chi connectivity index (χ0v) is 49.0. The molecule has 0 bridgehead atoms. The van der Waals surface area contributed by atoms with Crippen LogP contribution in [0.3, 0.4) is 0 Å². The summed E-state index contributed by atoms with van der Waals surface area (Å²) in [5.41, 5.74) is 0.495. The second kappa shape index (κ2) is 26.6. The molecular formula is C58H64ClFN12O12S2. The fourth-order valence-corrected chi connectivity index (χ4v) is 12.8. The van der Waals surface area contributed by atoms with E-state index in [9.17, 15) is 57.0 Å². The third-order valence-corrected chi connectivity index (χ3v) is 17.2. The molecule has 1 aromatic heterocycles. The van der Waals surface area contributed by atoms with Crippen LogP contribution in [0.2, 0.25) is 5.02 Å². The summed E-state index contributed by atoms with van der Waals surface area (Å²) in [5.74, 6) is -4.97. The van der Waals surface area contributed by atoms with Crippen molar-refractivity contribution in [1.82, 2.24) is 36.1 Å². The van der Waals surface area contributed by atoms with Gasteiger partial charge >= 0.3 is 24.0 Å². The first kappa shape index (κ1) is 61.7. The number of allylic oxidation sites excluding steroid dienone is 1. The van der Waals surface area contributed by atoms with Crippen LogP contribution in [-0.4, -0.2) is 126 Å². The molecule has 4 unspecified atom stereocenters. The number of carboxylic acids is 2. The average Bonchev–Trinajstić information content (AvgIpc) is 1.57. The van der Waals surface area contributed by atoms with Gasteiger partial charge in [0.2, 0.25) is 23.2 Å². The number of hydrogen-bond acceptors (Lipinski definition) is 12. The Kier molecular flexibility index (Phi) is 19.1. The first-order chi connectivity index (χ1) is 41.1. The molecule has 6 atom stereocenters. The van der Waals surface area contributed by atoms with Gasteiger partial charge in [-0.25, -0.2) is 27.2 Å². The van der Waals surface area contributed by atoms with Crippen LogP contribution >= 0.6 is 23.8 Å². The van der Waals surface area contributed by atoms with Gasteiger partial charge in [-0.15, -0.1) is 0 Å². The number of nitrogens with zero attached hydrogens (tertiary/aromatic N) is 3. The highest BCUT2D eigenvalue weighted by atomic mass is 35.5. The monoisotopic (exact) mass is 1240 g/mol. The Morgan fingerprint density at radius 1 is 0.849 bits per heavy atom. The van der Waals surface area contributed by atoms with Gasteiger partial charge in [0.05, 0.1) is 51.6 Å². The number of sulfonamides is 1. The molecule has 28 heteroatoms. The van der Waals surface area contributed by atoms with E-state index in [-0.39, 0.29) is 79.5 Å². The number of carbonyl (C=O) groups excluding carboxylic acids is 5. The normalized spacial score (nSPS) is 18.7. The number of fused-ring (bicyclic) bond motifs is 2. The molecule has 0 spiro atoms. The third-order valence-electron chi connectivity index (χ3n) is 15.3. The average molecular weight is 1240 g/mol. The van der Waals surface area contributed by atoms with Crippen LogP contribution in [0.25, 0.3) is 10.9 Å². The van der Waals surface area contributed by atoms with Gasteiger partial charge in [0.25, 0.3) is 10.0 Å². The molecule has 454 valence electrons. The summed E-state index contributed by atoms with van der Waals surface area (Å²) >= 11 is 12.5. The number of carbonyl (C=O) groups is 7. The van der Waals surface area contributed by atoms with Crippen molar-refractivity contribution >= 4 is 120 Å². The first-order valence-corrected chi connectivity index (χ1v) is 30.2. The maximum absolute atomic E-state index is 16.0. The van der Waals surface area contributed by atoms with Gasteiger partial charge in [0.15, 0.2) is 5.11 Å². The number of nitrogens with one attached hydrogen (secondary N) is 9. The number of pyridine rings is 1. The lowest BCUT2D eigenvalue weighted by molar-refractivity contribution is -0.139. The number of urea groups is 2. The van der Waals surface area contributed by atoms with Crippen molar-refractivity contribution in [3.8, 4) is 0 Å². The summed E-state index contributed by atoms with van der Waals surface area (Å²) in [6, 6.07) is 14.2. The third kappa shape index (κ3) is 14.6. The molecule has 2 aliphatic heterocycles. The summed E-state index contributed by atoms with van der Waals surface area (Å²) in [5, 5.41) is 41.5. The van der Waals surface area contributed by atoms with E-state index in [1.165, 1.54) is 59.6 Å². The summed E-state index contributed by atoms with van der Waals surface area (Å²) in [6.07, 6.45) is 8.31. The van der Waals surface area contributed by atoms with Gasteiger partial charge in [-0.2, -0.15) is 0 Å². The number of benzene rings is 4. The van der Waals surface area contributed by atoms with Gasteiger partial charge in [-0.3, -0.25) is 28.7 Å². The molecular weight excluding hydrogens is 1180 g/mol. The van der Waals surface area contributed by atoms with E-state index in [1.807, 2.05) is 19.1 Å². The predicted molar refractivity (Wildman–Crippen MR) is 324 cm³/mol. The van der Waals surface area contributed by atoms with E-state index in [0.717, 1.165) is 18.9 Å². The number of amides is 7. The van der Waals surface area contributed by atoms with Gasteiger partial charge in [0, 0.05) is 67.1 Å². The van der Waals surface area contributed by atoms with Crippen molar-refractivity contribution in [2.24, 2.45) is 11.8 Å². The van der Waals surface area contributed by atoms with Gasteiger partial charge < -0.3 is 67.1 Å². The number of halogens is 2. The van der Waals surface area contributed by atoms with Crippen molar-refractivity contribution in [3.63, 3.8) is 0 Å². The van der Waals surface area contributed by atoms with Gasteiger partial charge in [-0.1, -0.05) is 48.9 Å². The maximum Gasteiger partial charge on any atom is 0.341 e. The molecule has 4 aliphatic rings. The fourth-order valence-electron chi connectivity index (χ4n) is 11.0. The molecule has 2 aliphatic carbocycles. The lowest BCUT2D eigenvalue weighted by Gasteiger charge is -2.30. The Hall–Kier alpha value is -8.82. The van der Waals surface area contributed by atoms with E-state index in [4.69, 9.17) is 23.8 Å². The highest BCUT2D eigenvalue weighted by Gasteiger charge is 2.42.